The standard InChI is InChI=1S/C14H15N5O6/c1-14(24)9(22)6(4-20)25-12(14)19-3-5-8-10(16-7(21)2-15-5)17-13(23)18-11(8)19/h2-3,6,9,12,20,22,24H,4H2,1H3,(H2,16,17,18,21,23)/t6-,9-,12?,14-/m1/s1. The molecule has 0 aromatic carbocycles. The Labute approximate surface area is 139 Å². The van der Waals surface area contributed by atoms with Crippen LogP contribution in [0.25, 0.3) is 10.9 Å². The zero-order valence-electron chi connectivity index (χ0n) is 13.0. The van der Waals surface area contributed by atoms with Gasteiger partial charge in [-0.15, -0.1) is 0 Å². The second-order valence-electron chi connectivity index (χ2n) is 6.16. The summed E-state index contributed by atoms with van der Waals surface area (Å²) in [7, 11) is 0. The van der Waals surface area contributed by atoms with E-state index in [0.717, 1.165) is 6.20 Å². The molecule has 1 unspecified atom stereocenters. The van der Waals surface area contributed by atoms with E-state index in [0.29, 0.717) is 10.9 Å². The van der Waals surface area contributed by atoms with E-state index in [9.17, 15) is 24.9 Å². The van der Waals surface area contributed by atoms with Crippen LogP contribution in [0.15, 0.2) is 17.2 Å². The van der Waals surface area contributed by atoms with Gasteiger partial charge < -0.3 is 24.6 Å². The van der Waals surface area contributed by atoms with Crippen LogP contribution in [0.1, 0.15) is 13.2 Å². The molecule has 132 valence electrons. The summed E-state index contributed by atoms with van der Waals surface area (Å²) in [5.74, 6) is 0.243. The number of hydrogen-bond donors (Lipinski definition) is 5. The van der Waals surface area contributed by atoms with Gasteiger partial charge >= 0.3 is 6.03 Å². The van der Waals surface area contributed by atoms with Crippen molar-refractivity contribution in [1.29, 1.82) is 0 Å². The Kier molecular flexibility index (Phi) is 3.30. The average molecular weight is 349 g/mol. The molecule has 1 saturated heterocycles. The number of carbonyl (C=O) groups excluding carboxylic acids is 1. The van der Waals surface area contributed by atoms with Gasteiger partial charge in [0.1, 0.15) is 23.6 Å². The maximum atomic E-state index is 11.9. The van der Waals surface area contributed by atoms with E-state index < -0.39 is 42.2 Å². The van der Waals surface area contributed by atoms with Crippen LogP contribution < -0.4 is 16.2 Å². The lowest BCUT2D eigenvalue weighted by atomic mass is 9.96. The van der Waals surface area contributed by atoms with Crippen molar-refractivity contribution in [2.45, 2.75) is 31.0 Å². The number of aliphatic hydroxyl groups excluding tert-OH is 2. The lowest BCUT2D eigenvalue weighted by Crippen LogP contribution is -2.44. The number of nitrogens with zero attached hydrogens (tertiary/aromatic N) is 3. The Balaban J connectivity index is 1.95. The number of hydrogen-bond acceptors (Lipinski definition) is 8. The molecule has 2 aliphatic heterocycles. The van der Waals surface area contributed by atoms with Crippen LogP contribution in [0.4, 0.5) is 16.4 Å². The number of rotatable bonds is 2. The fraction of sp³-hybridized carbons (Fsp3) is 0.429. The van der Waals surface area contributed by atoms with Crippen molar-refractivity contribution < 1.29 is 24.9 Å². The molecular formula is C14H15N5O6. The number of nitrogens with one attached hydrogen (secondary N) is 2. The normalized spacial score (nSPS) is 31.0. The molecule has 11 nitrogen and oxygen atoms in total. The summed E-state index contributed by atoms with van der Waals surface area (Å²) in [5, 5.41) is 35.5. The van der Waals surface area contributed by atoms with Crippen molar-refractivity contribution in [2.75, 3.05) is 17.2 Å². The average Bonchev–Trinajstić information content (AvgIpc) is 2.94. The molecule has 4 rings (SSSR count). The number of aliphatic hydroxyl groups is 3. The highest BCUT2D eigenvalue weighted by Gasteiger charge is 2.53. The highest BCUT2D eigenvalue weighted by molar-refractivity contribution is 6.15. The molecule has 2 aromatic heterocycles. The molecule has 2 aromatic rings. The van der Waals surface area contributed by atoms with Crippen LogP contribution in [-0.4, -0.2) is 60.3 Å². The molecule has 2 aliphatic rings. The summed E-state index contributed by atoms with van der Waals surface area (Å²) in [6.07, 6.45) is -0.963. The van der Waals surface area contributed by atoms with E-state index in [1.54, 1.807) is 0 Å². The molecule has 2 amide bonds. The first-order valence-electron chi connectivity index (χ1n) is 7.49. The van der Waals surface area contributed by atoms with Gasteiger partial charge in [-0.05, 0) is 6.92 Å². The first kappa shape index (κ1) is 15.9. The van der Waals surface area contributed by atoms with Crippen molar-refractivity contribution in [3.63, 3.8) is 0 Å². The van der Waals surface area contributed by atoms with Crippen LogP contribution in [0.5, 0.6) is 0 Å². The number of carbonyl (C=O) groups is 1. The second-order valence-corrected chi connectivity index (χ2v) is 6.16. The van der Waals surface area contributed by atoms with Crippen molar-refractivity contribution in [3.8, 4) is 0 Å². The molecule has 0 bridgehead atoms. The number of aromatic nitrogens is 3. The molecule has 11 heteroatoms. The summed E-state index contributed by atoms with van der Waals surface area (Å²) in [6, 6.07) is -0.622. The van der Waals surface area contributed by atoms with Crippen LogP contribution >= 0.6 is 0 Å². The van der Waals surface area contributed by atoms with Gasteiger partial charge in [-0.1, -0.05) is 0 Å². The summed E-state index contributed by atoms with van der Waals surface area (Å²) >= 11 is 0. The Hall–Kier alpha value is -2.60. The quantitative estimate of drug-likeness (QED) is 0.450. The number of urea groups is 1. The Morgan fingerprint density at radius 1 is 1.40 bits per heavy atom. The van der Waals surface area contributed by atoms with Gasteiger partial charge in [0.05, 0.1) is 23.7 Å². The molecule has 0 radical (unpaired) electrons. The van der Waals surface area contributed by atoms with E-state index in [-0.39, 0.29) is 11.6 Å². The minimum Gasteiger partial charge on any atom is -0.394 e. The van der Waals surface area contributed by atoms with Gasteiger partial charge in [0, 0.05) is 6.20 Å². The van der Waals surface area contributed by atoms with Crippen molar-refractivity contribution >= 4 is 28.6 Å². The highest BCUT2D eigenvalue weighted by Crippen LogP contribution is 2.43. The lowest BCUT2D eigenvalue weighted by Gasteiger charge is -2.29. The summed E-state index contributed by atoms with van der Waals surface area (Å²) < 4.78 is 6.97. The van der Waals surface area contributed by atoms with Gasteiger partial charge in [-0.25, -0.2) is 9.78 Å². The van der Waals surface area contributed by atoms with Gasteiger partial charge in [0.25, 0.3) is 5.56 Å². The predicted octanol–water partition coefficient (Wildman–Crippen LogP) is -1.25. The van der Waals surface area contributed by atoms with Crippen molar-refractivity contribution in [1.82, 2.24) is 14.5 Å². The van der Waals surface area contributed by atoms with Gasteiger partial charge in [-0.3, -0.25) is 15.4 Å². The summed E-state index contributed by atoms with van der Waals surface area (Å²) in [6.45, 7) is 0.873. The lowest BCUT2D eigenvalue weighted by molar-refractivity contribution is -0.0954. The smallest absolute Gasteiger partial charge is 0.326 e. The number of amides is 2. The Bertz CT molecular complexity index is 941. The molecule has 1 fully saturated rings. The SMILES string of the molecule is C[C@]1(O)C(n2cc3ncc(=O)nc4c3c2NC(=O)N4)O[C@H](CO)[C@H]1O. The third-order valence-electron chi connectivity index (χ3n) is 4.44. The molecule has 0 spiro atoms. The summed E-state index contributed by atoms with van der Waals surface area (Å²) in [4.78, 5) is 31.3. The molecule has 4 atom stereocenters. The van der Waals surface area contributed by atoms with E-state index >= 15 is 0 Å². The maximum absolute atomic E-state index is 11.9. The van der Waals surface area contributed by atoms with Crippen molar-refractivity contribution in [3.05, 3.63) is 22.7 Å². The fourth-order valence-electron chi connectivity index (χ4n) is 3.20. The molecule has 0 aliphatic carbocycles. The zero-order chi connectivity index (χ0) is 17.9. The minimum atomic E-state index is -1.74. The Morgan fingerprint density at radius 3 is 2.84 bits per heavy atom. The third-order valence-corrected chi connectivity index (χ3v) is 4.44. The van der Waals surface area contributed by atoms with E-state index in [1.165, 1.54) is 17.7 Å². The van der Waals surface area contributed by atoms with Gasteiger partial charge in [-0.2, -0.15) is 4.98 Å². The van der Waals surface area contributed by atoms with Crippen LogP contribution in [0.3, 0.4) is 0 Å². The maximum Gasteiger partial charge on any atom is 0.326 e. The van der Waals surface area contributed by atoms with E-state index in [4.69, 9.17) is 4.74 Å². The van der Waals surface area contributed by atoms with Gasteiger partial charge in [0.2, 0.25) is 0 Å². The van der Waals surface area contributed by atoms with Crippen LogP contribution in [-0.2, 0) is 4.74 Å². The third kappa shape index (κ3) is 2.21. The predicted molar refractivity (Wildman–Crippen MR) is 84.1 cm³/mol. The van der Waals surface area contributed by atoms with E-state index in [2.05, 4.69) is 20.6 Å². The van der Waals surface area contributed by atoms with E-state index in [1.807, 2.05) is 0 Å². The minimum absolute atomic E-state index is 0.0342. The molecular weight excluding hydrogens is 334 g/mol. The van der Waals surface area contributed by atoms with Crippen LogP contribution in [0.2, 0.25) is 0 Å². The molecule has 4 heterocycles. The fourth-order valence-corrected chi connectivity index (χ4v) is 3.20. The molecule has 25 heavy (non-hydrogen) atoms. The van der Waals surface area contributed by atoms with Crippen LogP contribution in [0, 0.1) is 0 Å². The number of anilines is 2. The molecule has 5 N–H and O–H groups in total. The zero-order valence-corrected chi connectivity index (χ0v) is 13.0. The number of ether oxygens (including phenoxy) is 1. The second kappa shape index (κ2) is 5.20. The summed E-state index contributed by atoms with van der Waals surface area (Å²) in [5.41, 5.74) is -2.03. The topological polar surface area (TPSA) is 159 Å². The van der Waals surface area contributed by atoms with Crippen molar-refractivity contribution in [2.24, 2.45) is 0 Å². The first-order valence-corrected chi connectivity index (χ1v) is 7.49. The largest absolute Gasteiger partial charge is 0.394 e. The highest BCUT2D eigenvalue weighted by atomic mass is 16.6. The first-order chi connectivity index (χ1) is 11.8. The monoisotopic (exact) mass is 349 g/mol. The molecule has 0 saturated carbocycles. The van der Waals surface area contributed by atoms with Gasteiger partial charge in [0.15, 0.2) is 12.0 Å². The Morgan fingerprint density at radius 2 is 2.16 bits per heavy atom.